The summed E-state index contributed by atoms with van der Waals surface area (Å²) in [5, 5.41) is 3.03. The molecule has 1 heterocycles. The van der Waals surface area contributed by atoms with E-state index in [2.05, 4.69) is 5.32 Å². The Hall–Kier alpha value is -1.36. The second kappa shape index (κ2) is 6.39. The van der Waals surface area contributed by atoms with Crippen molar-refractivity contribution in [2.75, 3.05) is 0 Å². The zero-order chi connectivity index (χ0) is 14.6. The topological polar surface area (TPSA) is 68.3 Å². The van der Waals surface area contributed by atoms with E-state index >= 15 is 0 Å². The molecule has 1 aliphatic rings. The van der Waals surface area contributed by atoms with Crippen LogP contribution in [0.1, 0.15) is 61.8 Å². The van der Waals surface area contributed by atoms with Crippen LogP contribution in [0.5, 0.6) is 0 Å². The average Bonchev–Trinajstić information content (AvgIpc) is 2.79. The molecule has 0 bridgehead atoms. The molecule has 0 saturated heterocycles. The standard InChI is InChI=1S/C15H22N2O2S/c1-2-11-7-8-12(19-11)13(18)17-15(14(16)20)9-5-3-4-6-10-15/h7-8H,2-6,9-10H2,1H3,(H2,16,20)(H,17,18). The predicted octanol–water partition coefficient (Wildman–Crippen LogP) is 2.95. The minimum absolute atomic E-state index is 0.223. The normalized spacial score (nSPS) is 18.2. The van der Waals surface area contributed by atoms with Crippen molar-refractivity contribution >= 4 is 23.1 Å². The van der Waals surface area contributed by atoms with Gasteiger partial charge in [-0.25, -0.2) is 0 Å². The molecule has 1 fully saturated rings. The molecule has 1 aliphatic carbocycles. The van der Waals surface area contributed by atoms with Crippen molar-refractivity contribution < 1.29 is 9.21 Å². The number of carbonyl (C=O) groups excluding carboxylic acids is 1. The van der Waals surface area contributed by atoms with Crippen LogP contribution in [0.3, 0.4) is 0 Å². The lowest BCUT2D eigenvalue weighted by molar-refractivity contribution is 0.0887. The molecule has 0 spiro atoms. The van der Waals surface area contributed by atoms with Crippen molar-refractivity contribution in [2.24, 2.45) is 5.73 Å². The van der Waals surface area contributed by atoms with Crippen molar-refractivity contribution in [1.29, 1.82) is 0 Å². The summed E-state index contributed by atoms with van der Waals surface area (Å²) in [7, 11) is 0. The number of carbonyl (C=O) groups is 1. The molecule has 2 rings (SSSR count). The molecular formula is C15H22N2O2S. The number of hydrogen-bond acceptors (Lipinski definition) is 3. The first-order valence-corrected chi connectivity index (χ1v) is 7.69. The van der Waals surface area contributed by atoms with E-state index in [1.807, 2.05) is 13.0 Å². The SMILES string of the molecule is CCc1ccc(C(=O)NC2(C(N)=S)CCCCCC2)o1. The largest absolute Gasteiger partial charge is 0.456 e. The van der Waals surface area contributed by atoms with Crippen LogP contribution in [0, 0.1) is 0 Å². The molecule has 3 N–H and O–H groups in total. The van der Waals surface area contributed by atoms with Crippen molar-refractivity contribution in [3.8, 4) is 0 Å². The first kappa shape index (κ1) is 15.0. The quantitative estimate of drug-likeness (QED) is 0.662. The summed E-state index contributed by atoms with van der Waals surface area (Å²) in [5.74, 6) is 0.918. The smallest absolute Gasteiger partial charge is 0.287 e. The van der Waals surface area contributed by atoms with Crippen LogP contribution >= 0.6 is 12.2 Å². The van der Waals surface area contributed by atoms with Gasteiger partial charge in [-0.2, -0.15) is 0 Å². The van der Waals surface area contributed by atoms with E-state index in [-0.39, 0.29) is 5.91 Å². The van der Waals surface area contributed by atoms with E-state index in [0.29, 0.717) is 10.7 Å². The van der Waals surface area contributed by atoms with Gasteiger partial charge in [-0.3, -0.25) is 4.79 Å². The Kier molecular flexibility index (Phi) is 4.81. The Morgan fingerprint density at radius 2 is 2.00 bits per heavy atom. The number of nitrogens with one attached hydrogen (secondary N) is 1. The van der Waals surface area contributed by atoms with Gasteiger partial charge in [-0.15, -0.1) is 0 Å². The average molecular weight is 294 g/mol. The highest BCUT2D eigenvalue weighted by Crippen LogP contribution is 2.28. The van der Waals surface area contributed by atoms with Crippen molar-refractivity contribution in [1.82, 2.24) is 5.32 Å². The van der Waals surface area contributed by atoms with Gasteiger partial charge in [0, 0.05) is 6.42 Å². The van der Waals surface area contributed by atoms with Crippen LogP contribution in [0.2, 0.25) is 0 Å². The summed E-state index contributed by atoms with van der Waals surface area (Å²) in [5.41, 5.74) is 5.36. The third kappa shape index (κ3) is 3.20. The monoisotopic (exact) mass is 294 g/mol. The number of furan rings is 1. The van der Waals surface area contributed by atoms with Gasteiger partial charge in [0.05, 0.1) is 10.5 Å². The first-order chi connectivity index (χ1) is 9.57. The van der Waals surface area contributed by atoms with Gasteiger partial charge >= 0.3 is 0 Å². The van der Waals surface area contributed by atoms with Crippen molar-refractivity contribution in [2.45, 2.75) is 57.4 Å². The molecule has 1 aromatic rings. The summed E-state index contributed by atoms with van der Waals surface area (Å²) in [4.78, 5) is 12.7. The number of hydrogen-bond donors (Lipinski definition) is 2. The van der Waals surface area contributed by atoms with E-state index < -0.39 is 5.54 Å². The van der Waals surface area contributed by atoms with E-state index in [1.54, 1.807) is 6.07 Å². The van der Waals surface area contributed by atoms with Crippen LogP contribution in [0.4, 0.5) is 0 Å². The zero-order valence-electron chi connectivity index (χ0n) is 11.9. The van der Waals surface area contributed by atoms with Gasteiger partial charge in [-0.05, 0) is 25.0 Å². The van der Waals surface area contributed by atoms with Gasteiger partial charge in [0.1, 0.15) is 5.76 Å². The highest BCUT2D eigenvalue weighted by atomic mass is 32.1. The lowest BCUT2D eigenvalue weighted by atomic mass is 9.90. The summed E-state index contributed by atoms with van der Waals surface area (Å²) in [6, 6.07) is 3.54. The Morgan fingerprint density at radius 1 is 1.35 bits per heavy atom. The Bertz CT molecular complexity index is 488. The van der Waals surface area contributed by atoms with Crippen LogP contribution in [0.25, 0.3) is 0 Å². The van der Waals surface area contributed by atoms with Crippen LogP contribution in [-0.4, -0.2) is 16.4 Å². The third-order valence-electron chi connectivity index (χ3n) is 4.02. The summed E-state index contributed by atoms with van der Waals surface area (Å²) in [6.07, 6.45) is 6.81. The van der Waals surface area contributed by atoms with E-state index in [4.69, 9.17) is 22.4 Å². The van der Waals surface area contributed by atoms with Crippen molar-refractivity contribution in [3.63, 3.8) is 0 Å². The maximum Gasteiger partial charge on any atom is 0.287 e. The number of thiocarbonyl (C=S) groups is 1. The van der Waals surface area contributed by atoms with E-state index in [0.717, 1.165) is 37.9 Å². The number of amides is 1. The molecule has 1 saturated carbocycles. The highest BCUT2D eigenvalue weighted by Gasteiger charge is 2.36. The lowest BCUT2D eigenvalue weighted by Gasteiger charge is -2.32. The molecular weight excluding hydrogens is 272 g/mol. The number of nitrogens with two attached hydrogens (primary N) is 1. The van der Waals surface area contributed by atoms with Gasteiger partial charge in [-0.1, -0.05) is 44.8 Å². The van der Waals surface area contributed by atoms with Gasteiger partial charge in [0.15, 0.2) is 5.76 Å². The van der Waals surface area contributed by atoms with E-state index in [9.17, 15) is 4.79 Å². The predicted molar refractivity (Wildman–Crippen MR) is 82.8 cm³/mol. The molecule has 1 aromatic heterocycles. The zero-order valence-corrected chi connectivity index (χ0v) is 12.7. The molecule has 0 aromatic carbocycles. The van der Waals surface area contributed by atoms with Gasteiger partial charge < -0.3 is 15.5 Å². The fourth-order valence-electron chi connectivity index (χ4n) is 2.73. The summed E-state index contributed by atoms with van der Waals surface area (Å²) >= 11 is 5.22. The summed E-state index contributed by atoms with van der Waals surface area (Å²) < 4.78 is 5.50. The molecule has 20 heavy (non-hydrogen) atoms. The van der Waals surface area contributed by atoms with Crippen LogP contribution < -0.4 is 11.1 Å². The minimum atomic E-state index is -0.553. The Balaban J connectivity index is 2.14. The molecule has 0 radical (unpaired) electrons. The highest BCUT2D eigenvalue weighted by molar-refractivity contribution is 7.80. The third-order valence-corrected chi connectivity index (χ3v) is 4.41. The van der Waals surface area contributed by atoms with E-state index in [1.165, 1.54) is 12.8 Å². The van der Waals surface area contributed by atoms with Crippen LogP contribution in [-0.2, 0) is 6.42 Å². The molecule has 110 valence electrons. The second-order valence-electron chi connectivity index (χ2n) is 5.43. The van der Waals surface area contributed by atoms with Crippen LogP contribution in [0.15, 0.2) is 16.5 Å². The summed E-state index contributed by atoms with van der Waals surface area (Å²) in [6.45, 7) is 1.99. The molecule has 0 aliphatic heterocycles. The Labute approximate surface area is 125 Å². The first-order valence-electron chi connectivity index (χ1n) is 7.28. The minimum Gasteiger partial charge on any atom is -0.456 e. The maximum absolute atomic E-state index is 12.3. The maximum atomic E-state index is 12.3. The Morgan fingerprint density at radius 3 is 2.50 bits per heavy atom. The lowest BCUT2D eigenvalue weighted by Crippen LogP contribution is -2.56. The van der Waals surface area contributed by atoms with Gasteiger partial charge in [0.25, 0.3) is 5.91 Å². The fourth-order valence-corrected chi connectivity index (χ4v) is 2.99. The number of aryl methyl sites for hydroxylation is 1. The van der Waals surface area contributed by atoms with Gasteiger partial charge in [0.2, 0.25) is 0 Å². The molecule has 4 nitrogen and oxygen atoms in total. The second-order valence-corrected chi connectivity index (χ2v) is 5.87. The molecule has 0 unspecified atom stereocenters. The molecule has 0 atom stereocenters. The van der Waals surface area contributed by atoms with Crippen molar-refractivity contribution in [3.05, 3.63) is 23.7 Å². The fraction of sp³-hybridized carbons (Fsp3) is 0.600. The molecule has 1 amide bonds. The number of rotatable bonds is 4. The molecule has 5 heteroatoms.